The zero-order valence-electron chi connectivity index (χ0n) is 39.0. The molecule has 3 amide bonds. The standard InChI is InChI=1S/C46H70ClN3O13/c1-13-32-24-50(42(54)59-32)43(55)61-37-28(7)39(62-41-36(52)33(48(11)15-3)22-26(5)58-41)45(9,57-12)23-25(4)35(51)27(6)38-46(10,34(14-2)60-40(53)29(37)8)63-44(56)49(38)21-20-30-16-18-31(47)19-17-30/h16-19,25-29,32-34,36-39,41,52H,13-15,20-24H2,1-12H3/t25-,26-,27-,28+,29-,32?,33+,34+,36-,37+,38-,39-,41+,45+,46-/m1/s1. The van der Waals surface area contributed by atoms with Gasteiger partial charge in [0, 0.05) is 42.5 Å². The van der Waals surface area contributed by atoms with Crippen molar-refractivity contribution in [1.29, 1.82) is 0 Å². The first-order valence-electron chi connectivity index (χ1n) is 22.6. The lowest BCUT2D eigenvalue weighted by Crippen LogP contribution is -2.61. The third-order valence-corrected chi connectivity index (χ3v) is 14.3. The number of rotatable bonds is 11. The quantitative estimate of drug-likeness (QED) is 0.184. The number of ketones is 1. The number of esters is 1. The molecule has 0 bridgehead atoms. The third-order valence-electron chi connectivity index (χ3n) is 14.1. The molecule has 17 heteroatoms. The van der Waals surface area contributed by atoms with Crippen molar-refractivity contribution in [2.75, 3.05) is 33.8 Å². The molecule has 5 rings (SSSR count). The predicted molar refractivity (Wildman–Crippen MR) is 232 cm³/mol. The van der Waals surface area contributed by atoms with Crippen LogP contribution in [0.15, 0.2) is 24.3 Å². The summed E-state index contributed by atoms with van der Waals surface area (Å²) in [5, 5.41) is 12.4. The first-order chi connectivity index (χ1) is 29.6. The molecule has 4 aliphatic heterocycles. The van der Waals surface area contributed by atoms with E-state index >= 15 is 0 Å². The van der Waals surface area contributed by atoms with Gasteiger partial charge in [0.15, 0.2) is 11.9 Å². The fraction of sp³-hybridized carbons (Fsp3) is 0.761. The summed E-state index contributed by atoms with van der Waals surface area (Å²) >= 11 is 6.15. The molecule has 4 aliphatic rings. The van der Waals surface area contributed by atoms with Crippen molar-refractivity contribution in [2.24, 2.45) is 23.7 Å². The fourth-order valence-electron chi connectivity index (χ4n) is 10.2. The Morgan fingerprint density at radius 3 is 2.22 bits per heavy atom. The van der Waals surface area contributed by atoms with Crippen molar-refractivity contribution in [2.45, 2.75) is 168 Å². The first-order valence-corrected chi connectivity index (χ1v) is 22.9. The van der Waals surface area contributed by atoms with Crippen LogP contribution in [0, 0.1) is 23.7 Å². The van der Waals surface area contributed by atoms with E-state index in [0.29, 0.717) is 30.8 Å². The number of imide groups is 1. The minimum atomic E-state index is -1.49. The molecule has 4 heterocycles. The number of hydrogen-bond acceptors (Lipinski definition) is 14. The predicted octanol–water partition coefficient (Wildman–Crippen LogP) is 6.64. The van der Waals surface area contributed by atoms with Gasteiger partial charge in [-0.2, -0.15) is 0 Å². The highest BCUT2D eigenvalue weighted by atomic mass is 35.5. The summed E-state index contributed by atoms with van der Waals surface area (Å²) in [7, 11) is 3.39. The number of amides is 3. The van der Waals surface area contributed by atoms with Crippen LogP contribution >= 0.6 is 11.6 Å². The lowest BCUT2D eigenvalue weighted by Gasteiger charge is -2.48. The number of Topliss-reactive ketones (excluding diaryl/α,β-unsaturated/α-hetero) is 1. The van der Waals surface area contributed by atoms with E-state index in [9.17, 15) is 29.1 Å². The lowest BCUT2D eigenvalue weighted by molar-refractivity contribution is -0.301. The van der Waals surface area contributed by atoms with Crippen molar-refractivity contribution < 1.29 is 62.2 Å². The topological polar surface area (TPSA) is 180 Å². The Hall–Kier alpha value is -3.54. The number of aliphatic hydroxyl groups excluding tert-OH is 1. The summed E-state index contributed by atoms with van der Waals surface area (Å²) in [4.78, 5) is 75.0. The molecule has 63 heavy (non-hydrogen) atoms. The molecule has 0 aromatic heterocycles. The SMILES string of the molecule is CCC1CN(C(=O)O[C@H]2[C@H](C)[C@@H](O[C@@H]3O[C@H](C)C[C@H](N(C)CC)[C@H]3O)[C@@](C)(OC)C[C@@H](C)C(=O)[C@@H](C)[C@H]3N(CCc4ccc(Cl)cc4)C(=O)O[C@]3(C)[C@H](CC)OC(=O)[C@@H]2C)C(=O)O1. The minimum absolute atomic E-state index is 0.0501. The highest BCUT2D eigenvalue weighted by Crippen LogP contribution is 2.44. The molecule has 4 saturated heterocycles. The van der Waals surface area contributed by atoms with E-state index in [1.54, 1.807) is 65.5 Å². The number of ether oxygens (including phenoxy) is 7. The van der Waals surface area contributed by atoms with E-state index in [1.807, 2.05) is 44.9 Å². The highest BCUT2D eigenvalue weighted by Gasteiger charge is 2.60. The molecule has 1 N–H and O–H groups in total. The number of hydrogen-bond donors (Lipinski definition) is 1. The van der Waals surface area contributed by atoms with Crippen LogP contribution in [-0.2, 0) is 49.2 Å². The van der Waals surface area contributed by atoms with Crippen LogP contribution < -0.4 is 0 Å². The molecule has 16 nitrogen and oxygen atoms in total. The summed E-state index contributed by atoms with van der Waals surface area (Å²) in [6.45, 7) is 18.6. The van der Waals surface area contributed by atoms with E-state index < -0.39 is 102 Å². The third kappa shape index (κ3) is 10.6. The van der Waals surface area contributed by atoms with Gasteiger partial charge >= 0.3 is 24.2 Å². The summed E-state index contributed by atoms with van der Waals surface area (Å²) in [6.07, 6.45) is -7.55. The van der Waals surface area contributed by atoms with Crippen LogP contribution in [0.4, 0.5) is 14.4 Å². The second kappa shape index (κ2) is 20.7. The van der Waals surface area contributed by atoms with Gasteiger partial charge in [0.1, 0.15) is 30.2 Å². The van der Waals surface area contributed by atoms with Gasteiger partial charge in [0.05, 0.1) is 36.3 Å². The van der Waals surface area contributed by atoms with E-state index in [4.69, 9.17) is 44.8 Å². The van der Waals surface area contributed by atoms with E-state index in [1.165, 1.54) is 7.11 Å². The molecule has 1 aromatic carbocycles. The van der Waals surface area contributed by atoms with Gasteiger partial charge in [-0.05, 0) is 91.1 Å². The van der Waals surface area contributed by atoms with Crippen LogP contribution in [0.2, 0.25) is 5.02 Å². The van der Waals surface area contributed by atoms with Gasteiger partial charge in [0.2, 0.25) is 0 Å². The van der Waals surface area contributed by atoms with E-state index in [-0.39, 0.29) is 43.9 Å². The van der Waals surface area contributed by atoms with Gasteiger partial charge < -0.3 is 43.2 Å². The number of benzene rings is 1. The second-order valence-electron chi connectivity index (χ2n) is 18.5. The highest BCUT2D eigenvalue weighted by molar-refractivity contribution is 6.30. The lowest BCUT2D eigenvalue weighted by atomic mass is 9.73. The summed E-state index contributed by atoms with van der Waals surface area (Å²) in [6, 6.07) is 6.07. The molecule has 1 aromatic rings. The maximum absolute atomic E-state index is 14.9. The number of methoxy groups -OCH3 is 1. The average molecular weight is 909 g/mol. The monoisotopic (exact) mass is 907 g/mol. The molecule has 15 atom stereocenters. The number of likely N-dealkylation sites (N-methyl/N-ethyl adjacent to an activating group) is 1. The Morgan fingerprint density at radius 2 is 1.63 bits per heavy atom. The molecule has 0 saturated carbocycles. The number of fused-ring (bicyclic) bond motifs is 1. The Kier molecular flexibility index (Phi) is 16.6. The van der Waals surface area contributed by atoms with Crippen LogP contribution in [0.5, 0.6) is 0 Å². The maximum atomic E-state index is 14.9. The zero-order valence-corrected chi connectivity index (χ0v) is 39.8. The second-order valence-corrected chi connectivity index (χ2v) is 18.9. The number of carbonyl (C=O) groups excluding carboxylic acids is 5. The van der Waals surface area contributed by atoms with Crippen LogP contribution in [-0.4, -0.2) is 150 Å². The van der Waals surface area contributed by atoms with Crippen LogP contribution in [0.25, 0.3) is 0 Å². The van der Waals surface area contributed by atoms with Crippen molar-refractivity contribution in [3.05, 3.63) is 34.9 Å². The molecule has 0 radical (unpaired) electrons. The Morgan fingerprint density at radius 1 is 0.968 bits per heavy atom. The largest absolute Gasteiger partial charge is 0.458 e. The Bertz CT molecular complexity index is 1790. The first kappa shape index (κ1) is 50.5. The van der Waals surface area contributed by atoms with Crippen LogP contribution in [0.3, 0.4) is 0 Å². The smallest absolute Gasteiger partial charge is 0.419 e. The van der Waals surface area contributed by atoms with Crippen molar-refractivity contribution in [1.82, 2.24) is 14.7 Å². The average Bonchev–Trinajstić information content (AvgIpc) is 3.77. The summed E-state index contributed by atoms with van der Waals surface area (Å²) < 4.78 is 43.6. The number of nitrogens with zero attached hydrogens (tertiary/aromatic N) is 3. The molecular weight excluding hydrogens is 838 g/mol. The normalized spacial score (nSPS) is 38.2. The number of aliphatic hydroxyl groups is 1. The van der Waals surface area contributed by atoms with Gasteiger partial charge in [-0.1, -0.05) is 65.3 Å². The molecule has 4 fully saturated rings. The zero-order chi connectivity index (χ0) is 46.7. The Balaban J connectivity index is 1.62. The van der Waals surface area contributed by atoms with Gasteiger partial charge in [0.25, 0.3) is 0 Å². The van der Waals surface area contributed by atoms with Gasteiger partial charge in [-0.15, -0.1) is 0 Å². The maximum Gasteiger partial charge on any atom is 0.419 e. The van der Waals surface area contributed by atoms with E-state index in [0.717, 1.165) is 10.5 Å². The molecular formula is C46H70ClN3O13. The molecule has 0 spiro atoms. The van der Waals surface area contributed by atoms with Crippen LogP contribution in [0.1, 0.15) is 100 Å². The minimum Gasteiger partial charge on any atom is -0.458 e. The number of cyclic esters (lactones) is 2. The van der Waals surface area contributed by atoms with Gasteiger partial charge in [-0.3, -0.25) is 14.5 Å². The summed E-state index contributed by atoms with van der Waals surface area (Å²) in [5.41, 5.74) is -1.94. The fourth-order valence-corrected chi connectivity index (χ4v) is 10.3. The van der Waals surface area contributed by atoms with Crippen molar-refractivity contribution in [3.63, 3.8) is 0 Å². The number of halogens is 1. The van der Waals surface area contributed by atoms with E-state index in [2.05, 4.69) is 0 Å². The van der Waals surface area contributed by atoms with Gasteiger partial charge in [-0.25, -0.2) is 19.3 Å². The Labute approximate surface area is 377 Å². The number of carbonyl (C=O) groups is 5. The van der Waals surface area contributed by atoms with Crippen molar-refractivity contribution in [3.8, 4) is 0 Å². The molecule has 0 aliphatic carbocycles. The van der Waals surface area contributed by atoms with Crippen molar-refractivity contribution >= 4 is 41.6 Å². The molecule has 354 valence electrons. The molecule has 1 unspecified atom stereocenters. The summed E-state index contributed by atoms with van der Waals surface area (Å²) in [5.74, 6) is -4.66.